The Kier molecular flexibility index (Phi) is 4.42. The normalized spacial score (nSPS) is 13.0. The average molecular weight is 227 g/mol. The molecular formula is C10H17N3O3. The molecule has 1 N–H and O–H groups in total. The van der Waals surface area contributed by atoms with E-state index in [1.807, 2.05) is 13.8 Å². The summed E-state index contributed by atoms with van der Waals surface area (Å²) < 4.78 is 6.55. The van der Waals surface area contributed by atoms with Crippen LogP contribution in [0.15, 0.2) is 6.33 Å². The third-order valence-corrected chi connectivity index (χ3v) is 2.36. The van der Waals surface area contributed by atoms with E-state index in [1.54, 1.807) is 11.7 Å². The Balaban J connectivity index is 2.91. The Labute approximate surface area is 94.2 Å². The van der Waals surface area contributed by atoms with Crippen LogP contribution in [0.3, 0.4) is 0 Å². The van der Waals surface area contributed by atoms with Crippen LogP contribution >= 0.6 is 0 Å². The number of ether oxygens (including phenoxy) is 1. The van der Waals surface area contributed by atoms with E-state index in [0.29, 0.717) is 18.9 Å². The molecule has 0 radical (unpaired) electrons. The standard InChI is InChI=1S/C10H17N3O3/c1-7(2)9(10(14)15)13-6-11-12-8(13)4-5-16-3/h6-7,9H,4-5H2,1-3H3,(H,14,15). The summed E-state index contributed by atoms with van der Waals surface area (Å²) in [6.45, 7) is 4.22. The molecule has 1 aromatic heterocycles. The summed E-state index contributed by atoms with van der Waals surface area (Å²) in [5.74, 6) is -0.244. The lowest BCUT2D eigenvalue weighted by Crippen LogP contribution is -2.25. The van der Waals surface area contributed by atoms with Gasteiger partial charge in [-0.05, 0) is 5.92 Å². The van der Waals surface area contributed by atoms with Gasteiger partial charge in [-0.3, -0.25) is 0 Å². The Morgan fingerprint density at radius 1 is 1.62 bits per heavy atom. The molecule has 16 heavy (non-hydrogen) atoms. The van der Waals surface area contributed by atoms with Crippen LogP contribution in [0.1, 0.15) is 25.7 Å². The van der Waals surface area contributed by atoms with Crippen LogP contribution in [0.5, 0.6) is 0 Å². The first-order valence-electron chi connectivity index (χ1n) is 5.18. The van der Waals surface area contributed by atoms with Crippen molar-refractivity contribution in [3.63, 3.8) is 0 Å². The molecule has 0 spiro atoms. The minimum atomic E-state index is -0.867. The topological polar surface area (TPSA) is 77.2 Å². The van der Waals surface area contributed by atoms with Gasteiger partial charge in [-0.2, -0.15) is 0 Å². The predicted molar refractivity (Wildman–Crippen MR) is 57.1 cm³/mol. The Morgan fingerprint density at radius 3 is 2.81 bits per heavy atom. The van der Waals surface area contributed by atoms with Gasteiger partial charge >= 0.3 is 5.97 Å². The number of rotatable bonds is 6. The van der Waals surface area contributed by atoms with Crippen LogP contribution < -0.4 is 0 Å². The summed E-state index contributed by atoms with van der Waals surface area (Å²) in [6.07, 6.45) is 2.02. The molecule has 0 aromatic carbocycles. The SMILES string of the molecule is COCCc1nncn1C(C(=O)O)C(C)C. The van der Waals surface area contributed by atoms with E-state index in [0.717, 1.165) is 0 Å². The molecule has 90 valence electrons. The van der Waals surface area contributed by atoms with Gasteiger partial charge in [-0.1, -0.05) is 13.8 Å². The maximum atomic E-state index is 11.2. The van der Waals surface area contributed by atoms with Crippen molar-refractivity contribution >= 4 is 5.97 Å². The number of hydrogen-bond donors (Lipinski definition) is 1. The zero-order valence-electron chi connectivity index (χ0n) is 9.75. The molecule has 1 atom stereocenters. The lowest BCUT2D eigenvalue weighted by Gasteiger charge is -2.19. The van der Waals surface area contributed by atoms with E-state index in [9.17, 15) is 4.79 Å². The smallest absolute Gasteiger partial charge is 0.327 e. The van der Waals surface area contributed by atoms with Gasteiger partial charge in [0.05, 0.1) is 6.61 Å². The van der Waals surface area contributed by atoms with E-state index >= 15 is 0 Å². The molecule has 1 heterocycles. The van der Waals surface area contributed by atoms with Crippen LogP contribution in [0.25, 0.3) is 0 Å². The predicted octanol–water partition coefficient (Wildman–Crippen LogP) is 0.749. The monoisotopic (exact) mass is 227 g/mol. The number of carbonyl (C=O) groups is 1. The van der Waals surface area contributed by atoms with Gasteiger partial charge in [-0.25, -0.2) is 4.79 Å². The molecule has 0 amide bonds. The first-order valence-corrected chi connectivity index (χ1v) is 5.18. The Bertz CT molecular complexity index is 349. The fourth-order valence-corrected chi connectivity index (χ4v) is 1.60. The molecule has 0 aliphatic carbocycles. The van der Waals surface area contributed by atoms with Crippen LogP contribution in [0, 0.1) is 5.92 Å². The zero-order chi connectivity index (χ0) is 12.1. The summed E-state index contributed by atoms with van der Waals surface area (Å²) >= 11 is 0. The summed E-state index contributed by atoms with van der Waals surface area (Å²) in [5, 5.41) is 16.8. The molecule has 0 saturated carbocycles. The third kappa shape index (κ3) is 2.79. The lowest BCUT2D eigenvalue weighted by molar-refractivity contribution is -0.142. The van der Waals surface area contributed by atoms with Crippen LogP contribution in [-0.2, 0) is 16.0 Å². The van der Waals surface area contributed by atoms with Crippen molar-refractivity contribution in [3.8, 4) is 0 Å². The van der Waals surface area contributed by atoms with E-state index < -0.39 is 12.0 Å². The Hall–Kier alpha value is -1.43. The largest absolute Gasteiger partial charge is 0.480 e. The molecule has 1 rings (SSSR count). The van der Waals surface area contributed by atoms with Gasteiger partial charge in [0.25, 0.3) is 0 Å². The fourth-order valence-electron chi connectivity index (χ4n) is 1.60. The number of aromatic nitrogens is 3. The summed E-state index contributed by atoms with van der Waals surface area (Å²) in [5.41, 5.74) is 0. The second-order valence-electron chi connectivity index (χ2n) is 3.92. The second-order valence-corrected chi connectivity index (χ2v) is 3.92. The van der Waals surface area contributed by atoms with E-state index in [-0.39, 0.29) is 5.92 Å². The zero-order valence-corrected chi connectivity index (χ0v) is 9.75. The number of carboxylic acid groups (broad SMARTS) is 1. The maximum absolute atomic E-state index is 11.2. The number of aliphatic carboxylic acids is 1. The van der Waals surface area contributed by atoms with Crippen molar-refractivity contribution < 1.29 is 14.6 Å². The van der Waals surface area contributed by atoms with E-state index in [2.05, 4.69) is 10.2 Å². The summed E-state index contributed by atoms with van der Waals surface area (Å²) in [7, 11) is 1.60. The van der Waals surface area contributed by atoms with Gasteiger partial charge in [0.15, 0.2) is 0 Å². The van der Waals surface area contributed by atoms with Crippen molar-refractivity contribution in [3.05, 3.63) is 12.2 Å². The first-order chi connectivity index (χ1) is 7.57. The fraction of sp³-hybridized carbons (Fsp3) is 0.700. The second kappa shape index (κ2) is 5.60. The molecule has 0 saturated heterocycles. The van der Waals surface area contributed by atoms with Gasteiger partial charge in [0, 0.05) is 13.5 Å². The highest BCUT2D eigenvalue weighted by atomic mass is 16.5. The maximum Gasteiger partial charge on any atom is 0.327 e. The van der Waals surface area contributed by atoms with Crippen molar-refractivity contribution in [1.29, 1.82) is 0 Å². The van der Waals surface area contributed by atoms with E-state index in [4.69, 9.17) is 9.84 Å². The minimum absolute atomic E-state index is 0.0187. The molecule has 0 aliphatic rings. The average Bonchev–Trinajstić information content (AvgIpc) is 2.62. The van der Waals surface area contributed by atoms with Crippen LogP contribution in [-0.4, -0.2) is 39.6 Å². The first kappa shape index (κ1) is 12.6. The van der Waals surface area contributed by atoms with Gasteiger partial charge in [-0.15, -0.1) is 10.2 Å². The molecule has 6 heteroatoms. The molecule has 1 aromatic rings. The van der Waals surface area contributed by atoms with E-state index in [1.165, 1.54) is 6.33 Å². The lowest BCUT2D eigenvalue weighted by atomic mass is 10.0. The number of nitrogens with zero attached hydrogens (tertiary/aromatic N) is 3. The Morgan fingerprint density at radius 2 is 2.31 bits per heavy atom. The molecule has 0 fully saturated rings. The highest BCUT2D eigenvalue weighted by Gasteiger charge is 2.25. The highest BCUT2D eigenvalue weighted by molar-refractivity contribution is 5.72. The summed E-state index contributed by atoms with van der Waals surface area (Å²) in [4.78, 5) is 11.2. The minimum Gasteiger partial charge on any atom is -0.480 e. The molecule has 6 nitrogen and oxygen atoms in total. The quantitative estimate of drug-likeness (QED) is 0.776. The van der Waals surface area contributed by atoms with Gasteiger partial charge in [0.2, 0.25) is 0 Å². The molecule has 0 aliphatic heterocycles. The number of methoxy groups -OCH3 is 1. The van der Waals surface area contributed by atoms with Crippen LogP contribution in [0.4, 0.5) is 0 Å². The summed E-state index contributed by atoms with van der Waals surface area (Å²) in [6, 6.07) is -0.623. The number of hydrogen-bond acceptors (Lipinski definition) is 4. The van der Waals surface area contributed by atoms with Crippen molar-refractivity contribution in [2.24, 2.45) is 5.92 Å². The molecule has 1 unspecified atom stereocenters. The highest BCUT2D eigenvalue weighted by Crippen LogP contribution is 2.19. The molecular weight excluding hydrogens is 210 g/mol. The third-order valence-electron chi connectivity index (χ3n) is 2.36. The van der Waals surface area contributed by atoms with Crippen molar-refractivity contribution in [2.75, 3.05) is 13.7 Å². The number of carboxylic acids is 1. The molecule has 0 bridgehead atoms. The van der Waals surface area contributed by atoms with Gasteiger partial charge < -0.3 is 14.4 Å². The van der Waals surface area contributed by atoms with Gasteiger partial charge in [0.1, 0.15) is 18.2 Å². The van der Waals surface area contributed by atoms with Crippen molar-refractivity contribution in [2.45, 2.75) is 26.3 Å². The van der Waals surface area contributed by atoms with Crippen LogP contribution in [0.2, 0.25) is 0 Å². The van der Waals surface area contributed by atoms with Crippen molar-refractivity contribution in [1.82, 2.24) is 14.8 Å².